The first kappa shape index (κ1) is 20.6. The second-order valence-electron chi connectivity index (χ2n) is 7.89. The average molecular weight is 441 g/mol. The molecule has 1 aliphatic heterocycles. The Hall–Kier alpha value is -4.33. The van der Waals surface area contributed by atoms with E-state index in [1.165, 1.54) is 6.08 Å². The highest BCUT2D eigenvalue weighted by Gasteiger charge is 2.30. The van der Waals surface area contributed by atoms with Crippen molar-refractivity contribution in [3.8, 4) is 17.2 Å². The predicted molar refractivity (Wildman–Crippen MR) is 127 cm³/mol. The number of aromatic nitrogens is 3. The van der Waals surface area contributed by atoms with Gasteiger partial charge >= 0.3 is 5.69 Å². The number of benzene rings is 2. The molecular formula is C25H23N5O3. The van der Waals surface area contributed by atoms with Crippen LogP contribution in [0.2, 0.25) is 0 Å². The second kappa shape index (κ2) is 8.31. The molecule has 1 amide bonds. The molecule has 0 spiro atoms. The van der Waals surface area contributed by atoms with Crippen LogP contribution in [0.3, 0.4) is 0 Å². The lowest BCUT2D eigenvalue weighted by Crippen LogP contribution is -2.31. The summed E-state index contributed by atoms with van der Waals surface area (Å²) in [6.07, 6.45) is 3.57. The number of nitrogen functional groups attached to an aromatic ring is 1. The molecule has 4 aromatic rings. The van der Waals surface area contributed by atoms with Crippen molar-refractivity contribution in [2.75, 3.05) is 18.8 Å². The first-order chi connectivity index (χ1) is 16.1. The number of para-hydroxylation sites is 1. The number of nitrogens with two attached hydrogens (primary N) is 1. The van der Waals surface area contributed by atoms with Crippen LogP contribution >= 0.6 is 0 Å². The van der Waals surface area contributed by atoms with Gasteiger partial charge in [-0.1, -0.05) is 24.8 Å². The van der Waals surface area contributed by atoms with Crippen molar-refractivity contribution in [3.63, 3.8) is 0 Å². The van der Waals surface area contributed by atoms with E-state index in [4.69, 9.17) is 10.5 Å². The molecule has 0 bridgehead atoms. The number of ether oxygens (including phenoxy) is 1. The number of fused-ring (bicyclic) bond motifs is 1. The monoisotopic (exact) mass is 441 g/mol. The van der Waals surface area contributed by atoms with Crippen LogP contribution in [-0.2, 0) is 4.79 Å². The van der Waals surface area contributed by atoms with Crippen LogP contribution in [0.4, 0.5) is 5.82 Å². The molecule has 0 aliphatic carbocycles. The van der Waals surface area contributed by atoms with Crippen LogP contribution in [0.5, 0.6) is 11.5 Å². The summed E-state index contributed by atoms with van der Waals surface area (Å²) in [5, 5.41) is 0. The molecule has 0 saturated carbocycles. The summed E-state index contributed by atoms with van der Waals surface area (Å²) in [5.74, 6) is 1.52. The zero-order chi connectivity index (χ0) is 22.9. The van der Waals surface area contributed by atoms with Crippen molar-refractivity contribution in [3.05, 3.63) is 90.0 Å². The Morgan fingerprint density at radius 2 is 1.82 bits per heavy atom. The van der Waals surface area contributed by atoms with Gasteiger partial charge in [-0.2, -0.15) is 0 Å². The minimum atomic E-state index is -0.223. The quantitative estimate of drug-likeness (QED) is 0.478. The molecule has 1 atom stereocenters. The van der Waals surface area contributed by atoms with E-state index in [1.807, 2.05) is 54.6 Å². The normalized spacial score (nSPS) is 15.6. The molecule has 2 aromatic carbocycles. The van der Waals surface area contributed by atoms with Crippen molar-refractivity contribution in [2.24, 2.45) is 0 Å². The van der Waals surface area contributed by atoms with Crippen LogP contribution in [0.15, 0.2) is 84.3 Å². The Balaban J connectivity index is 1.55. The van der Waals surface area contributed by atoms with Gasteiger partial charge in [-0.05, 0) is 55.0 Å². The van der Waals surface area contributed by atoms with E-state index in [1.54, 1.807) is 26.3 Å². The van der Waals surface area contributed by atoms with Gasteiger partial charge in [0.2, 0.25) is 5.91 Å². The Morgan fingerprint density at radius 3 is 2.55 bits per heavy atom. The predicted octanol–water partition coefficient (Wildman–Crippen LogP) is 3.52. The summed E-state index contributed by atoms with van der Waals surface area (Å²) in [6.45, 7) is 4.57. The number of carbonyl (C=O) groups excluding carboxylic acids is 1. The van der Waals surface area contributed by atoms with Crippen LogP contribution in [0, 0.1) is 0 Å². The lowest BCUT2D eigenvalue weighted by atomic mass is 10.2. The van der Waals surface area contributed by atoms with Crippen LogP contribution in [0.1, 0.15) is 12.5 Å². The van der Waals surface area contributed by atoms with Crippen molar-refractivity contribution in [2.45, 2.75) is 12.5 Å². The van der Waals surface area contributed by atoms with Gasteiger partial charge in [0.05, 0.1) is 17.2 Å². The maximum absolute atomic E-state index is 13.6. The van der Waals surface area contributed by atoms with Crippen LogP contribution in [0.25, 0.3) is 16.7 Å². The third-order valence-corrected chi connectivity index (χ3v) is 5.90. The van der Waals surface area contributed by atoms with E-state index in [-0.39, 0.29) is 23.5 Å². The molecule has 3 heterocycles. The number of hydrogen-bond acceptors (Lipinski definition) is 5. The Labute approximate surface area is 190 Å². The summed E-state index contributed by atoms with van der Waals surface area (Å²) in [6, 6.07) is 18.4. The third kappa shape index (κ3) is 3.65. The zero-order valence-electron chi connectivity index (χ0n) is 17.9. The number of amides is 1. The molecule has 1 saturated heterocycles. The van der Waals surface area contributed by atoms with Gasteiger partial charge in [0.15, 0.2) is 0 Å². The first-order valence-corrected chi connectivity index (χ1v) is 10.7. The van der Waals surface area contributed by atoms with Crippen molar-refractivity contribution < 1.29 is 9.53 Å². The number of anilines is 1. The molecule has 0 unspecified atom stereocenters. The fourth-order valence-electron chi connectivity index (χ4n) is 4.35. The van der Waals surface area contributed by atoms with E-state index in [0.717, 1.165) is 5.75 Å². The summed E-state index contributed by atoms with van der Waals surface area (Å²) >= 11 is 0. The Kier molecular flexibility index (Phi) is 5.18. The number of carbonyl (C=O) groups is 1. The molecule has 8 nitrogen and oxygen atoms in total. The van der Waals surface area contributed by atoms with E-state index >= 15 is 0 Å². The molecule has 33 heavy (non-hydrogen) atoms. The minimum Gasteiger partial charge on any atom is -0.457 e. The van der Waals surface area contributed by atoms with Crippen LogP contribution < -0.4 is 16.2 Å². The largest absolute Gasteiger partial charge is 0.457 e. The molecule has 0 radical (unpaired) electrons. The van der Waals surface area contributed by atoms with E-state index in [9.17, 15) is 9.59 Å². The highest BCUT2D eigenvalue weighted by atomic mass is 16.5. The fourth-order valence-corrected chi connectivity index (χ4v) is 4.35. The summed E-state index contributed by atoms with van der Waals surface area (Å²) in [4.78, 5) is 31.6. The second-order valence-corrected chi connectivity index (χ2v) is 7.89. The van der Waals surface area contributed by atoms with Crippen molar-refractivity contribution in [1.29, 1.82) is 0 Å². The lowest BCUT2D eigenvalue weighted by Gasteiger charge is -2.15. The number of rotatable bonds is 5. The van der Waals surface area contributed by atoms with Gasteiger partial charge in [0.1, 0.15) is 22.8 Å². The van der Waals surface area contributed by atoms with Gasteiger partial charge < -0.3 is 15.4 Å². The molecular weight excluding hydrogens is 418 g/mol. The summed E-state index contributed by atoms with van der Waals surface area (Å²) in [7, 11) is 0. The zero-order valence-corrected chi connectivity index (χ0v) is 17.9. The van der Waals surface area contributed by atoms with Gasteiger partial charge in [-0.15, -0.1) is 0 Å². The van der Waals surface area contributed by atoms with Gasteiger partial charge in [-0.3, -0.25) is 13.9 Å². The SMILES string of the molecule is C=CC(=O)N1CC[C@@H](n2c(=O)n(-c3ccc(Oc4ccccc4)cc3)c3c(N)nccc32)C1. The number of hydrogen-bond donors (Lipinski definition) is 1. The highest BCUT2D eigenvalue weighted by Crippen LogP contribution is 2.29. The lowest BCUT2D eigenvalue weighted by molar-refractivity contribution is -0.125. The third-order valence-electron chi connectivity index (χ3n) is 5.90. The van der Waals surface area contributed by atoms with Crippen molar-refractivity contribution in [1.82, 2.24) is 19.0 Å². The molecule has 1 fully saturated rings. The smallest absolute Gasteiger partial charge is 0.334 e. The van der Waals surface area contributed by atoms with Gasteiger partial charge in [0.25, 0.3) is 0 Å². The maximum Gasteiger partial charge on any atom is 0.334 e. The molecule has 166 valence electrons. The fraction of sp³-hybridized carbons (Fsp3) is 0.160. The van der Waals surface area contributed by atoms with Gasteiger partial charge in [0, 0.05) is 19.3 Å². The number of imidazole rings is 1. The standard InChI is InChI=1S/C25H23N5O3/c1-2-22(31)28-15-13-18(16-28)29-21-12-14-27-24(26)23(21)30(25(29)32)17-8-10-20(11-9-17)33-19-6-4-3-5-7-19/h2-12,14,18H,1,13,15-16H2,(H2,26,27)/t18-/m1/s1. The van der Waals surface area contributed by atoms with E-state index in [0.29, 0.717) is 42.0 Å². The van der Waals surface area contributed by atoms with E-state index in [2.05, 4.69) is 11.6 Å². The molecule has 5 rings (SSSR count). The van der Waals surface area contributed by atoms with Crippen LogP contribution in [-0.4, -0.2) is 38.0 Å². The number of likely N-dealkylation sites (tertiary alicyclic amines) is 1. The molecule has 2 aromatic heterocycles. The number of pyridine rings is 1. The summed E-state index contributed by atoms with van der Waals surface area (Å²) < 4.78 is 9.16. The maximum atomic E-state index is 13.6. The van der Waals surface area contributed by atoms with E-state index < -0.39 is 0 Å². The highest BCUT2D eigenvalue weighted by molar-refractivity contribution is 5.88. The molecule has 8 heteroatoms. The van der Waals surface area contributed by atoms with Crippen molar-refractivity contribution >= 4 is 22.8 Å². The topological polar surface area (TPSA) is 95.4 Å². The number of nitrogens with zero attached hydrogens (tertiary/aromatic N) is 4. The molecule has 1 aliphatic rings. The first-order valence-electron chi connectivity index (χ1n) is 10.7. The minimum absolute atomic E-state index is 0.135. The average Bonchev–Trinajstić information content (AvgIpc) is 3.43. The Morgan fingerprint density at radius 1 is 1.09 bits per heavy atom. The summed E-state index contributed by atoms with van der Waals surface area (Å²) in [5.41, 5.74) is 7.89. The Bertz CT molecular complexity index is 1390. The van der Waals surface area contributed by atoms with Gasteiger partial charge in [-0.25, -0.2) is 9.78 Å². The molecule has 2 N–H and O–H groups in total.